The van der Waals surface area contributed by atoms with E-state index >= 15 is 0 Å². The molecule has 1 aliphatic rings. The number of aliphatic hydroxyl groups excluding tert-OH is 1. The minimum atomic E-state index is -0.0558. The van der Waals surface area contributed by atoms with E-state index in [-0.39, 0.29) is 12.0 Å². The average Bonchev–Trinajstić information content (AvgIpc) is 2.88. The number of aliphatic hydroxyl groups is 1. The van der Waals surface area contributed by atoms with Crippen molar-refractivity contribution in [2.75, 3.05) is 19.8 Å². The van der Waals surface area contributed by atoms with E-state index in [1.165, 1.54) is 0 Å². The summed E-state index contributed by atoms with van der Waals surface area (Å²) >= 11 is 0. The lowest BCUT2D eigenvalue weighted by Crippen LogP contribution is -2.17. The summed E-state index contributed by atoms with van der Waals surface area (Å²) in [5.41, 5.74) is 1.73. The number of hydrogen-bond acceptors (Lipinski definition) is 4. The molecule has 0 saturated carbocycles. The fraction of sp³-hybridized carbons (Fsp3) is 0.667. The molecular weight excluding hydrogens is 242 g/mol. The van der Waals surface area contributed by atoms with Crippen molar-refractivity contribution in [3.8, 4) is 5.88 Å². The minimum Gasteiger partial charge on any atom is -0.477 e. The lowest BCUT2D eigenvalue weighted by atomic mass is 9.91. The zero-order valence-corrected chi connectivity index (χ0v) is 12.0. The highest BCUT2D eigenvalue weighted by atomic mass is 16.5. The molecule has 1 atom stereocenters. The number of rotatable bonds is 4. The second kappa shape index (κ2) is 5.88. The van der Waals surface area contributed by atoms with Crippen molar-refractivity contribution in [1.29, 1.82) is 0 Å². The summed E-state index contributed by atoms with van der Waals surface area (Å²) < 4.78 is 11.1. The third-order valence-electron chi connectivity index (χ3n) is 3.30. The van der Waals surface area contributed by atoms with Gasteiger partial charge >= 0.3 is 0 Å². The summed E-state index contributed by atoms with van der Waals surface area (Å²) in [5.74, 6) is 1.06. The van der Waals surface area contributed by atoms with E-state index in [2.05, 4.69) is 25.8 Å². The van der Waals surface area contributed by atoms with E-state index in [1.807, 2.05) is 12.1 Å². The number of hydrogen-bond donors (Lipinski definition) is 1. The summed E-state index contributed by atoms with van der Waals surface area (Å²) in [5, 5.41) is 9.33. The van der Waals surface area contributed by atoms with Crippen LogP contribution in [-0.4, -0.2) is 29.9 Å². The zero-order valence-electron chi connectivity index (χ0n) is 12.0. The maximum absolute atomic E-state index is 9.33. The first-order chi connectivity index (χ1) is 8.99. The number of nitrogens with zero attached hydrogens (tertiary/aromatic N) is 1. The molecule has 106 valence electrons. The molecule has 1 N–H and O–H groups in total. The van der Waals surface area contributed by atoms with Crippen molar-refractivity contribution < 1.29 is 14.6 Å². The van der Waals surface area contributed by atoms with Crippen LogP contribution in [-0.2, 0) is 16.8 Å². The summed E-state index contributed by atoms with van der Waals surface area (Å²) in [7, 11) is 0. The Hall–Kier alpha value is -1.13. The highest BCUT2D eigenvalue weighted by Crippen LogP contribution is 2.25. The molecule has 0 spiro atoms. The van der Waals surface area contributed by atoms with Gasteiger partial charge in [0.2, 0.25) is 5.88 Å². The molecule has 1 unspecified atom stereocenters. The van der Waals surface area contributed by atoms with E-state index in [9.17, 15) is 5.11 Å². The molecule has 4 heteroatoms. The normalized spacial score (nSPS) is 19.7. The van der Waals surface area contributed by atoms with Gasteiger partial charge in [-0.1, -0.05) is 20.8 Å². The first-order valence-electron chi connectivity index (χ1n) is 6.82. The summed E-state index contributed by atoms with van der Waals surface area (Å²) in [6.07, 6.45) is 1.05. The lowest BCUT2D eigenvalue weighted by molar-refractivity contribution is 0.165. The van der Waals surface area contributed by atoms with E-state index in [1.54, 1.807) is 0 Å². The van der Waals surface area contributed by atoms with Crippen LogP contribution in [0.3, 0.4) is 0 Å². The number of aromatic nitrogens is 1. The predicted molar refractivity (Wildman–Crippen MR) is 73.3 cm³/mol. The first-order valence-corrected chi connectivity index (χ1v) is 6.82. The van der Waals surface area contributed by atoms with Gasteiger partial charge in [0.15, 0.2) is 0 Å². The maximum Gasteiger partial charge on any atom is 0.213 e. The lowest BCUT2D eigenvalue weighted by Gasteiger charge is -2.20. The predicted octanol–water partition coefficient (Wildman–Crippen LogP) is 2.29. The van der Waals surface area contributed by atoms with Crippen LogP contribution in [0.5, 0.6) is 5.88 Å². The second-order valence-corrected chi connectivity index (χ2v) is 6.15. The van der Waals surface area contributed by atoms with Gasteiger partial charge in [0.25, 0.3) is 0 Å². The maximum atomic E-state index is 9.33. The number of ether oxygens (including phenoxy) is 2. The Labute approximate surface area is 114 Å². The highest BCUT2D eigenvalue weighted by Gasteiger charge is 2.19. The highest BCUT2D eigenvalue weighted by molar-refractivity contribution is 5.28. The first kappa shape index (κ1) is 14.3. The van der Waals surface area contributed by atoms with Crippen LogP contribution in [0.15, 0.2) is 12.1 Å². The van der Waals surface area contributed by atoms with Crippen molar-refractivity contribution in [3.05, 3.63) is 23.4 Å². The second-order valence-electron chi connectivity index (χ2n) is 6.15. The Bertz CT molecular complexity index is 420. The molecule has 0 bridgehead atoms. The Morgan fingerprint density at radius 1 is 1.42 bits per heavy atom. The van der Waals surface area contributed by atoms with Crippen molar-refractivity contribution >= 4 is 0 Å². The monoisotopic (exact) mass is 265 g/mol. The van der Waals surface area contributed by atoms with Gasteiger partial charge in [-0.2, -0.15) is 0 Å². The van der Waals surface area contributed by atoms with Gasteiger partial charge in [0.05, 0.1) is 25.5 Å². The van der Waals surface area contributed by atoms with Crippen LogP contribution >= 0.6 is 0 Å². The SMILES string of the molecule is CC(C)(C)c1cc(CO)cc(OCC2CCOC2)n1. The van der Waals surface area contributed by atoms with Crippen LogP contribution in [0.4, 0.5) is 0 Å². The molecule has 2 heterocycles. The van der Waals surface area contributed by atoms with Crippen LogP contribution in [0.1, 0.15) is 38.4 Å². The molecule has 1 aromatic rings. The third kappa shape index (κ3) is 3.91. The van der Waals surface area contributed by atoms with Gasteiger partial charge in [0, 0.05) is 24.0 Å². The molecule has 19 heavy (non-hydrogen) atoms. The van der Waals surface area contributed by atoms with Crippen LogP contribution in [0, 0.1) is 5.92 Å². The zero-order chi connectivity index (χ0) is 13.9. The summed E-state index contributed by atoms with van der Waals surface area (Å²) in [6, 6.07) is 3.75. The molecule has 0 amide bonds. The smallest absolute Gasteiger partial charge is 0.213 e. The number of pyridine rings is 1. The van der Waals surface area contributed by atoms with Gasteiger partial charge in [-0.25, -0.2) is 4.98 Å². The van der Waals surface area contributed by atoms with Crippen molar-refractivity contribution in [2.45, 2.75) is 39.2 Å². The Kier molecular flexibility index (Phi) is 4.42. The van der Waals surface area contributed by atoms with Crippen molar-refractivity contribution in [2.24, 2.45) is 5.92 Å². The van der Waals surface area contributed by atoms with E-state index in [0.717, 1.165) is 30.9 Å². The molecule has 1 aromatic heterocycles. The quantitative estimate of drug-likeness (QED) is 0.907. The van der Waals surface area contributed by atoms with Gasteiger partial charge in [-0.3, -0.25) is 0 Å². The Morgan fingerprint density at radius 3 is 2.79 bits per heavy atom. The van der Waals surface area contributed by atoms with E-state index in [0.29, 0.717) is 18.4 Å². The average molecular weight is 265 g/mol. The van der Waals surface area contributed by atoms with E-state index in [4.69, 9.17) is 9.47 Å². The fourth-order valence-corrected chi connectivity index (χ4v) is 2.03. The summed E-state index contributed by atoms with van der Waals surface area (Å²) in [4.78, 5) is 4.54. The molecule has 1 aliphatic heterocycles. The van der Waals surface area contributed by atoms with Crippen LogP contribution in [0.25, 0.3) is 0 Å². The standard InChI is InChI=1S/C15H23NO3/c1-15(2,3)13-6-12(8-17)7-14(16-13)19-10-11-4-5-18-9-11/h6-7,11,17H,4-5,8-10H2,1-3H3. The molecule has 1 fully saturated rings. The van der Waals surface area contributed by atoms with Gasteiger partial charge in [-0.15, -0.1) is 0 Å². The molecule has 0 aliphatic carbocycles. The molecule has 0 radical (unpaired) electrons. The Morgan fingerprint density at radius 2 is 2.21 bits per heavy atom. The molecule has 2 rings (SSSR count). The van der Waals surface area contributed by atoms with Crippen molar-refractivity contribution in [1.82, 2.24) is 4.98 Å². The molecule has 4 nitrogen and oxygen atoms in total. The molecule has 0 aromatic carbocycles. The van der Waals surface area contributed by atoms with Crippen LogP contribution in [0.2, 0.25) is 0 Å². The van der Waals surface area contributed by atoms with Gasteiger partial charge < -0.3 is 14.6 Å². The Balaban J connectivity index is 2.10. The van der Waals surface area contributed by atoms with Gasteiger partial charge in [0.1, 0.15) is 0 Å². The topological polar surface area (TPSA) is 51.6 Å². The largest absolute Gasteiger partial charge is 0.477 e. The third-order valence-corrected chi connectivity index (χ3v) is 3.30. The van der Waals surface area contributed by atoms with E-state index < -0.39 is 0 Å². The van der Waals surface area contributed by atoms with Gasteiger partial charge in [-0.05, 0) is 18.1 Å². The van der Waals surface area contributed by atoms with Crippen molar-refractivity contribution in [3.63, 3.8) is 0 Å². The molecule has 1 saturated heterocycles. The van der Waals surface area contributed by atoms with Crippen LogP contribution < -0.4 is 4.74 Å². The minimum absolute atomic E-state index is 0.00843. The molecular formula is C15H23NO3. The summed E-state index contributed by atoms with van der Waals surface area (Å²) in [6.45, 7) is 8.54. The fourth-order valence-electron chi connectivity index (χ4n) is 2.03.